The van der Waals surface area contributed by atoms with Crippen molar-refractivity contribution < 1.29 is 14.3 Å². The first-order chi connectivity index (χ1) is 10.2. The summed E-state index contributed by atoms with van der Waals surface area (Å²) in [5.41, 5.74) is 1.66. The topological polar surface area (TPSA) is 56.6 Å². The summed E-state index contributed by atoms with van der Waals surface area (Å²) < 4.78 is 13.2. The second-order valence-corrected chi connectivity index (χ2v) is 5.59. The van der Waals surface area contributed by atoms with Crippen molar-refractivity contribution in [2.45, 2.75) is 45.4 Å². The molecule has 6 nitrogen and oxygen atoms in total. The monoisotopic (exact) mass is 293 g/mol. The van der Waals surface area contributed by atoms with Crippen molar-refractivity contribution in [3.63, 3.8) is 0 Å². The lowest BCUT2D eigenvalue weighted by molar-refractivity contribution is -0.181. The van der Waals surface area contributed by atoms with Gasteiger partial charge >= 0.3 is 0 Å². The average molecular weight is 293 g/mol. The maximum atomic E-state index is 12.7. The molecule has 1 amide bonds. The van der Waals surface area contributed by atoms with Crippen molar-refractivity contribution in [2.75, 3.05) is 26.3 Å². The van der Waals surface area contributed by atoms with Crippen LogP contribution in [0.5, 0.6) is 0 Å². The zero-order valence-corrected chi connectivity index (χ0v) is 12.8. The Morgan fingerprint density at radius 1 is 1.29 bits per heavy atom. The Morgan fingerprint density at radius 3 is 2.52 bits per heavy atom. The van der Waals surface area contributed by atoms with E-state index in [9.17, 15) is 4.79 Å². The van der Waals surface area contributed by atoms with E-state index in [0.717, 1.165) is 25.0 Å². The molecule has 2 aliphatic heterocycles. The Kier molecular flexibility index (Phi) is 3.99. The molecule has 0 aromatic carbocycles. The van der Waals surface area contributed by atoms with Gasteiger partial charge in [-0.3, -0.25) is 9.48 Å². The number of aryl methyl sites for hydroxylation is 2. The van der Waals surface area contributed by atoms with Crippen molar-refractivity contribution in [2.24, 2.45) is 0 Å². The number of amides is 1. The summed E-state index contributed by atoms with van der Waals surface area (Å²) in [5, 5.41) is 4.45. The van der Waals surface area contributed by atoms with Crippen LogP contribution in [0.4, 0.5) is 0 Å². The van der Waals surface area contributed by atoms with E-state index >= 15 is 0 Å². The minimum absolute atomic E-state index is 0.0666. The van der Waals surface area contributed by atoms with Gasteiger partial charge in [-0.2, -0.15) is 5.10 Å². The summed E-state index contributed by atoms with van der Waals surface area (Å²) >= 11 is 0. The van der Waals surface area contributed by atoms with Crippen LogP contribution in [-0.2, 0) is 22.4 Å². The highest BCUT2D eigenvalue weighted by Gasteiger charge is 2.41. The highest BCUT2D eigenvalue weighted by atomic mass is 16.7. The van der Waals surface area contributed by atoms with Crippen LogP contribution in [0.3, 0.4) is 0 Å². The SMILES string of the molecule is CCc1cc(C(=O)N2CCC3(CC2)OCCO3)n(CC)n1. The van der Waals surface area contributed by atoms with Crippen molar-refractivity contribution in [1.29, 1.82) is 0 Å². The average Bonchev–Trinajstić information content (AvgIpc) is 3.14. The Bertz CT molecular complexity index is 510. The number of likely N-dealkylation sites (tertiary alicyclic amines) is 1. The van der Waals surface area contributed by atoms with Crippen LogP contribution < -0.4 is 0 Å². The van der Waals surface area contributed by atoms with Gasteiger partial charge in [-0.25, -0.2) is 0 Å². The highest BCUT2D eigenvalue weighted by Crippen LogP contribution is 2.31. The zero-order chi connectivity index (χ0) is 14.9. The molecule has 0 unspecified atom stereocenters. The summed E-state index contributed by atoms with van der Waals surface area (Å²) in [6.07, 6.45) is 2.34. The van der Waals surface area contributed by atoms with E-state index in [0.29, 0.717) is 38.5 Å². The number of hydrogen-bond donors (Lipinski definition) is 0. The fraction of sp³-hybridized carbons (Fsp3) is 0.733. The van der Waals surface area contributed by atoms with Crippen LogP contribution in [-0.4, -0.2) is 52.7 Å². The Morgan fingerprint density at radius 2 is 1.95 bits per heavy atom. The maximum Gasteiger partial charge on any atom is 0.272 e. The number of nitrogens with zero attached hydrogens (tertiary/aromatic N) is 3. The molecule has 116 valence electrons. The van der Waals surface area contributed by atoms with Crippen LogP contribution in [0.25, 0.3) is 0 Å². The van der Waals surface area contributed by atoms with Gasteiger partial charge in [-0.1, -0.05) is 6.92 Å². The second kappa shape index (κ2) is 5.77. The molecule has 1 spiro atoms. The fourth-order valence-corrected chi connectivity index (χ4v) is 3.05. The predicted molar refractivity (Wildman–Crippen MR) is 77.1 cm³/mol. The first kappa shape index (κ1) is 14.5. The molecule has 2 aliphatic rings. The van der Waals surface area contributed by atoms with E-state index < -0.39 is 5.79 Å². The smallest absolute Gasteiger partial charge is 0.272 e. The molecule has 3 rings (SSSR count). The number of ether oxygens (including phenoxy) is 2. The van der Waals surface area contributed by atoms with Gasteiger partial charge in [-0.15, -0.1) is 0 Å². The Balaban J connectivity index is 1.70. The normalized spacial score (nSPS) is 21.1. The summed E-state index contributed by atoms with van der Waals surface area (Å²) in [4.78, 5) is 14.6. The lowest BCUT2D eigenvalue weighted by Gasteiger charge is -2.37. The molecule has 6 heteroatoms. The van der Waals surface area contributed by atoms with E-state index in [4.69, 9.17) is 9.47 Å². The third-order valence-corrected chi connectivity index (χ3v) is 4.34. The van der Waals surface area contributed by atoms with Crippen LogP contribution in [0.1, 0.15) is 42.9 Å². The minimum atomic E-state index is -0.434. The molecule has 0 saturated carbocycles. The van der Waals surface area contributed by atoms with Crippen LogP contribution >= 0.6 is 0 Å². The van der Waals surface area contributed by atoms with Gasteiger partial charge in [0.2, 0.25) is 0 Å². The molecule has 1 aromatic heterocycles. The van der Waals surface area contributed by atoms with Gasteiger partial charge in [0.15, 0.2) is 5.79 Å². The molecule has 0 aliphatic carbocycles. The van der Waals surface area contributed by atoms with Crippen molar-refractivity contribution in [1.82, 2.24) is 14.7 Å². The van der Waals surface area contributed by atoms with E-state index in [1.165, 1.54) is 0 Å². The third-order valence-electron chi connectivity index (χ3n) is 4.34. The maximum absolute atomic E-state index is 12.7. The first-order valence-electron chi connectivity index (χ1n) is 7.81. The van der Waals surface area contributed by atoms with E-state index in [1.54, 1.807) is 4.68 Å². The first-order valence-corrected chi connectivity index (χ1v) is 7.81. The molecule has 0 radical (unpaired) electrons. The van der Waals surface area contributed by atoms with Crippen LogP contribution in [0.15, 0.2) is 6.07 Å². The van der Waals surface area contributed by atoms with Gasteiger partial charge in [0.1, 0.15) is 5.69 Å². The standard InChI is InChI=1S/C15H23N3O3/c1-3-12-11-13(18(4-2)16-12)14(19)17-7-5-15(6-8-17)20-9-10-21-15/h11H,3-10H2,1-2H3. The molecule has 21 heavy (non-hydrogen) atoms. The number of hydrogen-bond acceptors (Lipinski definition) is 4. The molecule has 0 atom stereocenters. The molecule has 0 bridgehead atoms. The van der Waals surface area contributed by atoms with Gasteiger partial charge in [-0.05, 0) is 19.4 Å². The van der Waals surface area contributed by atoms with Gasteiger partial charge in [0, 0.05) is 32.5 Å². The number of carbonyl (C=O) groups excluding carboxylic acids is 1. The lowest BCUT2D eigenvalue weighted by Crippen LogP contribution is -2.47. The molecule has 0 N–H and O–H groups in total. The molecular weight excluding hydrogens is 270 g/mol. The number of aromatic nitrogens is 2. The van der Waals surface area contributed by atoms with Crippen molar-refractivity contribution >= 4 is 5.91 Å². The van der Waals surface area contributed by atoms with Crippen molar-refractivity contribution in [3.05, 3.63) is 17.5 Å². The Hall–Kier alpha value is -1.40. The highest BCUT2D eigenvalue weighted by molar-refractivity contribution is 5.92. The second-order valence-electron chi connectivity index (χ2n) is 5.59. The quantitative estimate of drug-likeness (QED) is 0.846. The van der Waals surface area contributed by atoms with Crippen molar-refractivity contribution in [3.8, 4) is 0 Å². The van der Waals surface area contributed by atoms with Gasteiger partial charge < -0.3 is 14.4 Å². The zero-order valence-electron chi connectivity index (χ0n) is 12.8. The van der Waals surface area contributed by atoms with Gasteiger partial charge in [0.05, 0.1) is 18.9 Å². The van der Waals surface area contributed by atoms with Crippen LogP contribution in [0.2, 0.25) is 0 Å². The summed E-state index contributed by atoms with van der Waals surface area (Å²) in [7, 11) is 0. The number of carbonyl (C=O) groups is 1. The van der Waals surface area contributed by atoms with Crippen LogP contribution in [0, 0.1) is 0 Å². The lowest BCUT2D eigenvalue weighted by atomic mass is 10.0. The minimum Gasteiger partial charge on any atom is -0.347 e. The predicted octanol–water partition coefficient (Wildman–Crippen LogP) is 1.44. The number of rotatable bonds is 3. The van der Waals surface area contributed by atoms with Gasteiger partial charge in [0.25, 0.3) is 5.91 Å². The largest absolute Gasteiger partial charge is 0.347 e. The summed E-state index contributed by atoms with van der Waals surface area (Å²) in [5.74, 6) is -0.368. The Labute approximate surface area is 125 Å². The van der Waals surface area contributed by atoms with E-state index in [1.807, 2.05) is 17.9 Å². The molecule has 2 saturated heterocycles. The molecule has 3 heterocycles. The summed E-state index contributed by atoms with van der Waals surface area (Å²) in [6.45, 7) is 7.45. The van der Waals surface area contributed by atoms with E-state index in [-0.39, 0.29) is 5.91 Å². The summed E-state index contributed by atoms with van der Waals surface area (Å²) in [6, 6.07) is 1.92. The third kappa shape index (κ3) is 2.70. The van der Waals surface area contributed by atoms with E-state index in [2.05, 4.69) is 12.0 Å². The number of piperidine rings is 1. The molecule has 1 aromatic rings. The fourth-order valence-electron chi connectivity index (χ4n) is 3.05. The molecular formula is C15H23N3O3. The molecule has 2 fully saturated rings.